The van der Waals surface area contributed by atoms with Gasteiger partial charge in [0.2, 0.25) is 0 Å². The minimum Gasteiger partial charge on any atom is -0.350 e. The van der Waals surface area contributed by atoms with E-state index in [1.54, 1.807) is 6.92 Å². The maximum absolute atomic E-state index is 13.9. The molecule has 3 N–H and O–H groups in total. The van der Waals surface area contributed by atoms with Crippen molar-refractivity contribution in [2.45, 2.75) is 26.8 Å². The van der Waals surface area contributed by atoms with Crippen LogP contribution in [0.5, 0.6) is 0 Å². The van der Waals surface area contributed by atoms with E-state index < -0.39 is 11.6 Å². The molecule has 116 valence electrons. The highest BCUT2D eigenvalue weighted by molar-refractivity contribution is 5.89. The van der Waals surface area contributed by atoms with E-state index in [0.29, 0.717) is 28.0 Å². The van der Waals surface area contributed by atoms with E-state index >= 15 is 0 Å². The highest BCUT2D eigenvalue weighted by Gasteiger charge is 2.22. The van der Waals surface area contributed by atoms with Crippen LogP contribution in [0.15, 0.2) is 16.7 Å². The van der Waals surface area contributed by atoms with Gasteiger partial charge in [0, 0.05) is 11.5 Å². The first-order valence-corrected chi connectivity index (χ1v) is 6.95. The van der Waals surface area contributed by atoms with Crippen molar-refractivity contribution in [2.24, 2.45) is 11.7 Å². The molecule has 0 amide bonds. The first-order valence-electron chi connectivity index (χ1n) is 6.95. The fourth-order valence-electron chi connectivity index (χ4n) is 2.39. The van der Waals surface area contributed by atoms with Crippen molar-refractivity contribution < 1.29 is 13.3 Å². The average Bonchev–Trinajstić information content (AvgIpc) is 3.02. The van der Waals surface area contributed by atoms with Gasteiger partial charge in [-0.2, -0.15) is 4.98 Å². The maximum Gasteiger partial charge on any atom is 0.274 e. The Labute approximate surface area is 125 Å². The maximum atomic E-state index is 13.9. The number of rotatable bonds is 3. The van der Waals surface area contributed by atoms with Crippen LogP contribution in [0.3, 0.4) is 0 Å². The summed E-state index contributed by atoms with van der Waals surface area (Å²) in [6.07, 6.45) is 0. The number of halogens is 2. The molecule has 1 atom stereocenters. The minimum absolute atomic E-state index is 0.154. The summed E-state index contributed by atoms with van der Waals surface area (Å²) < 4.78 is 32.5. The molecule has 0 radical (unpaired) electrons. The third-order valence-corrected chi connectivity index (χ3v) is 3.74. The second-order valence-corrected chi connectivity index (χ2v) is 5.66. The van der Waals surface area contributed by atoms with Crippen LogP contribution in [-0.2, 0) is 0 Å². The number of aromatic amines is 1. The van der Waals surface area contributed by atoms with Crippen LogP contribution in [0.2, 0.25) is 0 Å². The number of aryl methyl sites for hydroxylation is 1. The van der Waals surface area contributed by atoms with E-state index in [1.165, 1.54) is 6.07 Å². The van der Waals surface area contributed by atoms with Gasteiger partial charge in [-0.15, -0.1) is 0 Å². The molecule has 22 heavy (non-hydrogen) atoms. The molecular formula is C15H16F2N4O. The van der Waals surface area contributed by atoms with Crippen molar-refractivity contribution in [2.75, 3.05) is 0 Å². The van der Waals surface area contributed by atoms with Gasteiger partial charge >= 0.3 is 0 Å². The molecule has 0 spiro atoms. The largest absolute Gasteiger partial charge is 0.350 e. The van der Waals surface area contributed by atoms with Gasteiger partial charge in [-0.25, -0.2) is 8.78 Å². The fraction of sp³-hybridized carbons (Fsp3) is 0.333. The number of aromatic nitrogens is 3. The van der Waals surface area contributed by atoms with Crippen molar-refractivity contribution >= 4 is 10.9 Å². The van der Waals surface area contributed by atoms with Gasteiger partial charge in [0.05, 0.1) is 11.6 Å². The van der Waals surface area contributed by atoms with Gasteiger partial charge < -0.3 is 15.2 Å². The van der Waals surface area contributed by atoms with Gasteiger partial charge in [0.1, 0.15) is 17.3 Å². The predicted molar refractivity (Wildman–Crippen MR) is 78.0 cm³/mol. The number of hydrogen-bond acceptors (Lipinski definition) is 4. The second kappa shape index (κ2) is 5.17. The van der Waals surface area contributed by atoms with Crippen LogP contribution in [0.25, 0.3) is 22.5 Å². The Hall–Kier alpha value is -2.28. The summed E-state index contributed by atoms with van der Waals surface area (Å²) in [6.45, 7) is 5.61. The third kappa shape index (κ3) is 2.27. The van der Waals surface area contributed by atoms with Crippen LogP contribution in [-0.4, -0.2) is 15.1 Å². The molecule has 0 aliphatic rings. The Morgan fingerprint density at radius 2 is 2.00 bits per heavy atom. The van der Waals surface area contributed by atoms with Crippen molar-refractivity contribution in [1.82, 2.24) is 15.1 Å². The Kier molecular flexibility index (Phi) is 3.44. The third-order valence-electron chi connectivity index (χ3n) is 3.74. The molecule has 2 heterocycles. The first kappa shape index (κ1) is 14.6. The minimum atomic E-state index is -0.647. The topological polar surface area (TPSA) is 80.7 Å². The summed E-state index contributed by atoms with van der Waals surface area (Å²) in [5, 5.41) is 4.18. The standard InChI is InChI=1S/C15H16F2N4O/c1-6(2)12(18)14-20-15(22-21-14)13-7(3)11-9(17)4-8(16)5-10(11)19-13/h4-6,12,19H,18H2,1-3H3. The highest BCUT2D eigenvalue weighted by Crippen LogP contribution is 2.31. The number of nitrogens with zero attached hydrogens (tertiary/aromatic N) is 2. The smallest absolute Gasteiger partial charge is 0.274 e. The predicted octanol–water partition coefficient (Wildman–Crippen LogP) is 3.46. The van der Waals surface area contributed by atoms with E-state index in [2.05, 4.69) is 15.1 Å². The van der Waals surface area contributed by atoms with E-state index in [4.69, 9.17) is 10.3 Å². The van der Waals surface area contributed by atoms with E-state index in [1.807, 2.05) is 13.8 Å². The molecule has 0 aliphatic carbocycles. The summed E-state index contributed by atoms with van der Waals surface area (Å²) in [5.41, 5.74) is 7.38. The van der Waals surface area contributed by atoms with Crippen LogP contribution in [0.1, 0.15) is 31.3 Å². The molecule has 0 aliphatic heterocycles. The summed E-state index contributed by atoms with van der Waals surface area (Å²) in [5.74, 6) is -0.533. The van der Waals surface area contributed by atoms with E-state index in [0.717, 1.165) is 6.07 Å². The van der Waals surface area contributed by atoms with Crippen LogP contribution in [0, 0.1) is 24.5 Å². The molecule has 0 saturated carbocycles. The molecule has 2 aromatic heterocycles. The Bertz CT molecular complexity index is 838. The zero-order valence-corrected chi connectivity index (χ0v) is 12.4. The number of nitrogens with two attached hydrogens (primary N) is 1. The molecule has 1 aromatic carbocycles. The number of H-pyrrole nitrogens is 1. The monoisotopic (exact) mass is 306 g/mol. The zero-order chi connectivity index (χ0) is 16.0. The van der Waals surface area contributed by atoms with Crippen LogP contribution >= 0.6 is 0 Å². The second-order valence-electron chi connectivity index (χ2n) is 5.66. The SMILES string of the molecule is Cc1c(-c2nc(C(N)C(C)C)no2)[nH]c2cc(F)cc(F)c12. The number of benzene rings is 1. The van der Waals surface area contributed by atoms with Gasteiger partial charge in [-0.05, 0) is 24.5 Å². The lowest BCUT2D eigenvalue weighted by atomic mass is 10.1. The normalized spacial score (nSPS) is 13.2. The van der Waals surface area contributed by atoms with Gasteiger partial charge in [-0.3, -0.25) is 0 Å². The summed E-state index contributed by atoms with van der Waals surface area (Å²) in [7, 11) is 0. The van der Waals surface area contributed by atoms with E-state index in [9.17, 15) is 8.78 Å². The van der Waals surface area contributed by atoms with Crippen molar-refractivity contribution in [3.63, 3.8) is 0 Å². The molecule has 1 unspecified atom stereocenters. The Morgan fingerprint density at radius 3 is 2.68 bits per heavy atom. The zero-order valence-electron chi connectivity index (χ0n) is 12.4. The molecular weight excluding hydrogens is 290 g/mol. The van der Waals surface area contributed by atoms with Crippen molar-refractivity contribution in [1.29, 1.82) is 0 Å². The number of fused-ring (bicyclic) bond motifs is 1. The lowest BCUT2D eigenvalue weighted by Crippen LogP contribution is -2.18. The lowest BCUT2D eigenvalue weighted by Gasteiger charge is -2.09. The summed E-state index contributed by atoms with van der Waals surface area (Å²) >= 11 is 0. The summed E-state index contributed by atoms with van der Waals surface area (Å²) in [6, 6.07) is 1.73. The molecule has 3 rings (SSSR count). The Balaban J connectivity index is 2.11. The molecule has 0 fully saturated rings. The first-order chi connectivity index (χ1) is 10.4. The van der Waals surface area contributed by atoms with Crippen molar-refractivity contribution in [3.8, 4) is 11.6 Å². The summed E-state index contributed by atoms with van der Waals surface area (Å²) in [4.78, 5) is 7.19. The fourth-order valence-corrected chi connectivity index (χ4v) is 2.39. The van der Waals surface area contributed by atoms with Crippen molar-refractivity contribution in [3.05, 3.63) is 35.2 Å². The molecule has 7 heteroatoms. The molecule has 3 aromatic rings. The quantitative estimate of drug-likeness (QED) is 0.776. The van der Waals surface area contributed by atoms with Gasteiger partial charge in [-0.1, -0.05) is 19.0 Å². The number of hydrogen-bond donors (Lipinski definition) is 2. The van der Waals surface area contributed by atoms with E-state index in [-0.39, 0.29) is 17.9 Å². The Morgan fingerprint density at radius 1 is 1.27 bits per heavy atom. The molecule has 0 bridgehead atoms. The van der Waals surface area contributed by atoms with Gasteiger partial charge in [0.25, 0.3) is 5.89 Å². The lowest BCUT2D eigenvalue weighted by molar-refractivity contribution is 0.399. The van der Waals surface area contributed by atoms with Crippen LogP contribution < -0.4 is 5.73 Å². The molecule has 5 nitrogen and oxygen atoms in total. The van der Waals surface area contributed by atoms with Gasteiger partial charge in [0.15, 0.2) is 5.82 Å². The highest BCUT2D eigenvalue weighted by atomic mass is 19.1. The van der Waals surface area contributed by atoms with Crippen LogP contribution in [0.4, 0.5) is 8.78 Å². The number of nitrogens with one attached hydrogen (secondary N) is 1. The average molecular weight is 306 g/mol. The molecule has 0 saturated heterocycles.